The third-order valence-electron chi connectivity index (χ3n) is 3.43. The predicted molar refractivity (Wildman–Crippen MR) is 78.9 cm³/mol. The fourth-order valence-electron chi connectivity index (χ4n) is 2.37. The molecule has 1 fully saturated rings. The molecule has 19 heavy (non-hydrogen) atoms. The first-order chi connectivity index (χ1) is 9.14. The van der Waals surface area contributed by atoms with Crippen molar-refractivity contribution < 1.29 is 8.42 Å². The zero-order chi connectivity index (χ0) is 13.7. The highest BCUT2D eigenvalue weighted by molar-refractivity contribution is 7.89. The van der Waals surface area contributed by atoms with Crippen LogP contribution < -0.4 is 5.32 Å². The summed E-state index contributed by atoms with van der Waals surface area (Å²) in [6.45, 7) is 2.05. The average molecular weight is 302 g/mol. The lowest BCUT2D eigenvalue weighted by molar-refractivity contribution is 0.364. The van der Waals surface area contributed by atoms with Crippen molar-refractivity contribution >= 4 is 21.4 Å². The Labute approximate surface area is 119 Å². The molecule has 1 aromatic heterocycles. The molecule has 108 valence electrons. The molecule has 2 rings (SSSR count). The van der Waals surface area contributed by atoms with Crippen molar-refractivity contribution in [1.29, 1.82) is 0 Å². The highest BCUT2D eigenvalue weighted by Crippen LogP contribution is 2.24. The van der Waals surface area contributed by atoms with Gasteiger partial charge in [0.05, 0.1) is 4.90 Å². The lowest BCUT2D eigenvalue weighted by Crippen LogP contribution is -2.33. The molecular weight excluding hydrogens is 280 g/mol. The Morgan fingerprint density at radius 1 is 1.21 bits per heavy atom. The van der Waals surface area contributed by atoms with Gasteiger partial charge in [0.1, 0.15) is 0 Å². The molecule has 2 heterocycles. The van der Waals surface area contributed by atoms with Crippen LogP contribution in [0.25, 0.3) is 0 Å². The summed E-state index contributed by atoms with van der Waals surface area (Å²) < 4.78 is 26.8. The molecule has 0 radical (unpaired) electrons. The number of thiophene rings is 1. The van der Waals surface area contributed by atoms with Crippen molar-refractivity contribution in [2.45, 2.75) is 43.5 Å². The molecule has 1 saturated heterocycles. The van der Waals surface area contributed by atoms with Gasteiger partial charge in [-0.15, -0.1) is 11.3 Å². The van der Waals surface area contributed by atoms with Crippen LogP contribution in [-0.4, -0.2) is 32.9 Å². The summed E-state index contributed by atoms with van der Waals surface area (Å²) in [5.74, 6) is 0. The summed E-state index contributed by atoms with van der Waals surface area (Å²) in [5, 5.41) is 4.81. The molecule has 4 nitrogen and oxygen atoms in total. The van der Waals surface area contributed by atoms with E-state index >= 15 is 0 Å². The molecule has 0 aliphatic carbocycles. The summed E-state index contributed by atoms with van der Waals surface area (Å²) in [5.41, 5.74) is 0. The van der Waals surface area contributed by atoms with Crippen molar-refractivity contribution in [3.63, 3.8) is 0 Å². The van der Waals surface area contributed by atoms with Gasteiger partial charge in [-0.3, -0.25) is 0 Å². The Balaban J connectivity index is 2.14. The van der Waals surface area contributed by atoms with Crippen LogP contribution in [0.1, 0.15) is 37.0 Å². The first-order valence-corrected chi connectivity index (χ1v) is 9.19. The topological polar surface area (TPSA) is 49.4 Å². The lowest BCUT2D eigenvalue weighted by Gasteiger charge is -2.23. The van der Waals surface area contributed by atoms with Crippen LogP contribution in [0.5, 0.6) is 0 Å². The normalized spacial score (nSPS) is 19.0. The van der Waals surface area contributed by atoms with Crippen LogP contribution >= 0.6 is 11.3 Å². The van der Waals surface area contributed by atoms with Crippen molar-refractivity contribution in [2.24, 2.45) is 0 Å². The quantitative estimate of drug-likeness (QED) is 0.929. The smallest absolute Gasteiger partial charge is 0.243 e. The largest absolute Gasteiger partial charge is 0.315 e. The first-order valence-electron chi connectivity index (χ1n) is 6.87. The number of hydrogen-bond acceptors (Lipinski definition) is 4. The van der Waals surface area contributed by atoms with Crippen LogP contribution in [0, 0.1) is 0 Å². The molecule has 0 aromatic carbocycles. The van der Waals surface area contributed by atoms with E-state index in [1.54, 1.807) is 15.8 Å². The number of nitrogens with zero attached hydrogens (tertiary/aromatic N) is 1. The van der Waals surface area contributed by atoms with E-state index in [1.165, 1.54) is 17.8 Å². The molecule has 0 saturated carbocycles. The van der Waals surface area contributed by atoms with E-state index in [0.29, 0.717) is 18.0 Å². The number of nitrogens with one attached hydrogen (secondary N) is 1. The molecule has 1 N–H and O–H groups in total. The highest BCUT2D eigenvalue weighted by Gasteiger charge is 2.25. The molecule has 0 amide bonds. The minimum absolute atomic E-state index is 0.461. The van der Waals surface area contributed by atoms with Crippen molar-refractivity contribution in [3.05, 3.63) is 16.3 Å². The molecule has 0 atom stereocenters. The highest BCUT2D eigenvalue weighted by atomic mass is 32.2. The maximum absolute atomic E-state index is 12.6. The van der Waals surface area contributed by atoms with Crippen molar-refractivity contribution in [3.8, 4) is 0 Å². The van der Waals surface area contributed by atoms with Gasteiger partial charge in [-0.2, -0.15) is 4.31 Å². The van der Waals surface area contributed by atoms with E-state index in [0.717, 1.165) is 37.1 Å². The van der Waals surface area contributed by atoms with Gasteiger partial charge in [0.15, 0.2) is 0 Å². The number of rotatable bonds is 4. The zero-order valence-corrected chi connectivity index (χ0v) is 13.0. The molecule has 1 aliphatic rings. The van der Waals surface area contributed by atoms with E-state index in [4.69, 9.17) is 0 Å². The Kier molecular flexibility index (Phi) is 5.38. The molecular formula is C13H22N2O2S2. The summed E-state index contributed by atoms with van der Waals surface area (Å²) in [7, 11) is -1.42. The fraction of sp³-hybridized carbons (Fsp3) is 0.692. The fourth-order valence-corrected chi connectivity index (χ4v) is 5.16. The van der Waals surface area contributed by atoms with E-state index in [9.17, 15) is 8.42 Å². The standard InChI is InChI=1S/C13H22N2O2S2/c1-14-10-12-9-13(11-18-12)19(16,17)15-7-5-3-2-4-6-8-15/h9,11,14H,2-8,10H2,1H3. The van der Waals surface area contributed by atoms with Gasteiger partial charge in [0.25, 0.3) is 0 Å². The monoisotopic (exact) mass is 302 g/mol. The summed E-state index contributed by atoms with van der Waals surface area (Å²) in [6.07, 6.45) is 5.47. The molecule has 1 aromatic rings. The van der Waals surface area contributed by atoms with Crippen LogP contribution in [0.15, 0.2) is 16.3 Å². The number of sulfonamides is 1. The molecule has 0 bridgehead atoms. The van der Waals surface area contributed by atoms with Crippen LogP contribution in [0.4, 0.5) is 0 Å². The second-order valence-corrected chi connectivity index (χ2v) is 7.88. The predicted octanol–water partition coefficient (Wildman–Crippen LogP) is 2.42. The number of hydrogen-bond donors (Lipinski definition) is 1. The minimum Gasteiger partial charge on any atom is -0.315 e. The van der Waals surface area contributed by atoms with Gasteiger partial charge in [0, 0.05) is 29.9 Å². The Morgan fingerprint density at radius 3 is 2.47 bits per heavy atom. The van der Waals surface area contributed by atoms with Gasteiger partial charge >= 0.3 is 0 Å². The second kappa shape index (κ2) is 6.83. The Bertz CT molecular complexity index is 488. The maximum atomic E-state index is 12.6. The average Bonchev–Trinajstić information content (AvgIpc) is 2.77. The van der Waals surface area contributed by atoms with Gasteiger partial charge in [-0.25, -0.2) is 8.42 Å². The third-order valence-corrected chi connectivity index (χ3v) is 6.40. The van der Waals surface area contributed by atoms with E-state index in [2.05, 4.69) is 5.32 Å². The molecule has 0 unspecified atom stereocenters. The van der Waals surface area contributed by atoms with Gasteiger partial charge in [0.2, 0.25) is 10.0 Å². The Hall–Kier alpha value is -0.430. The second-order valence-electron chi connectivity index (χ2n) is 4.95. The van der Waals surface area contributed by atoms with Gasteiger partial charge in [-0.1, -0.05) is 19.3 Å². The summed E-state index contributed by atoms with van der Waals surface area (Å²) in [4.78, 5) is 1.52. The molecule has 6 heteroatoms. The molecule has 1 aliphatic heterocycles. The lowest BCUT2D eigenvalue weighted by atomic mass is 10.1. The van der Waals surface area contributed by atoms with Crippen LogP contribution in [-0.2, 0) is 16.6 Å². The van der Waals surface area contributed by atoms with Crippen molar-refractivity contribution in [2.75, 3.05) is 20.1 Å². The van der Waals surface area contributed by atoms with Crippen molar-refractivity contribution in [1.82, 2.24) is 9.62 Å². The Morgan fingerprint density at radius 2 is 1.84 bits per heavy atom. The minimum atomic E-state index is -3.28. The van der Waals surface area contributed by atoms with Crippen LogP contribution in [0.2, 0.25) is 0 Å². The maximum Gasteiger partial charge on any atom is 0.243 e. The summed E-state index contributed by atoms with van der Waals surface area (Å²) >= 11 is 1.51. The van der Waals surface area contributed by atoms with Gasteiger partial charge < -0.3 is 5.32 Å². The SMILES string of the molecule is CNCc1cc(S(=O)(=O)N2CCCCCCC2)cs1. The van der Waals surface area contributed by atoms with E-state index in [-0.39, 0.29) is 0 Å². The zero-order valence-electron chi connectivity index (χ0n) is 11.4. The molecule has 0 spiro atoms. The van der Waals surface area contributed by atoms with Crippen LogP contribution in [0.3, 0.4) is 0 Å². The van der Waals surface area contributed by atoms with E-state index < -0.39 is 10.0 Å². The van der Waals surface area contributed by atoms with E-state index in [1.807, 2.05) is 7.05 Å². The summed E-state index contributed by atoms with van der Waals surface area (Å²) in [6, 6.07) is 1.80. The first kappa shape index (κ1) is 15.0. The third kappa shape index (κ3) is 3.78. The van der Waals surface area contributed by atoms with Gasteiger partial charge in [-0.05, 0) is 26.0 Å².